The van der Waals surface area contributed by atoms with Crippen LogP contribution in [0.5, 0.6) is 0 Å². The number of carboxylic acids is 1. The molecule has 0 fully saturated rings. The molecule has 0 heterocycles. The summed E-state index contributed by atoms with van der Waals surface area (Å²) in [4.78, 5) is 37.2. The van der Waals surface area contributed by atoms with Gasteiger partial charge in [0.2, 0.25) is 0 Å². The summed E-state index contributed by atoms with van der Waals surface area (Å²) in [6, 6.07) is -0.614. The maximum atomic E-state index is 12.8. The largest absolute Gasteiger partial charge is 0.477 e. The fraction of sp³-hybridized carbons (Fsp3) is 0.839. The Bertz CT molecular complexity index is 1140. The molecule has 0 aromatic heterocycles. The Morgan fingerprint density at radius 2 is 0.875 bits per heavy atom. The van der Waals surface area contributed by atoms with E-state index in [-0.39, 0.29) is 36.2 Å². The number of hydrogen-bond acceptors (Lipinski definition) is 6. The van der Waals surface area contributed by atoms with Crippen LogP contribution >= 0.6 is 0 Å². The molecule has 2 unspecified atom stereocenters. The van der Waals surface area contributed by atoms with Crippen molar-refractivity contribution in [3.63, 3.8) is 0 Å². The average Bonchev–Trinajstić information content (AvgIpc) is 3.26. The van der Waals surface area contributed by atoms with Crippen LogP contribution in [0.1, 0.15) is 251 Å². The van der Waals surface area contributed by atoms with Crippen molar-refractivity contribution in [3.8, 4) is 0 Å². The minimum atomic E-state index is -0.872. The molecule has 8 nitrogen and oxygen atoms in total. The monoisotopic (exact) mass is 903 g/mol. The Kier molecular flexibility index (Phi) is 45.3. The van der Waals surface area contributed by atoms with Gasteiger partial charge in [-0.2, -0.15) is 0 Å². The highest BCUT2D eigenvalue weighted by molar-refractivity contribution is 5.72. The van der Waals surface area contributed by atoms with Gasteiger partial charge in [-0.1, -0.05) is 224 Å². The quantitative estimate of drug-likeness (QED) is 0.0281. The molecule has 0 aromatic carbocycles. The molecule has 0 radical (unpaired) electrons. The van der Waals surface area contributed by atoms with Crippen LogP contribution in [0.3, 0.4) is 0 Å². The van der Waals surface area contributed by atoms with E-state index in [4.69, 9.17) is 14.2 Å². The lowest BCUT2D eigenvalue weighted by atomic mass is 10.0. The summed E-state index contributed by atoms with van der Waals surface area (Å²) in [6.07, 6.45) is 56.2. The van der Waals surface area contributed by atoms with Crippen molar-refractivity contribution in [1.82, 2.24) is 0 Å². The molecule has 0 aliphatic heterocycles. The molecular formula is C56H104NO7+. The summed E-state index contributed by atoms with van der Waals surface area (Å²) in [6.45, 7) is 4.67. The van der Waals surface area contributed by atoms with Crippen molar-refractivity contribution in [2.24, 2.45) is 0 Å². The standard InChI is InChI=1S/C56H103NO7/c1-6-8-10-12-14-16-18-20-22-24-26-27-29-30-32-34-36-38-40-42-44-46-54(58)63-51-52(50-62-49-48-53(56(60)61)57(3,4)5)64-55(59)47-45-43-41-39-37-35-33-31-28-25-23-21-19-17-15-13-11-9-7-2/h8,10,14,16,20,22,52-53H,6-7,9,11-13,15,17-19,21,23-51H2,1-5H3/p+1/b10-8+,16-14+,22-20+. The predicted molar refractivity (Wildman–Crippen MR) is 271 cm³/mol. The molecule has 64 heavy (non-hydrogen) atoms. The zero-order valence-electron chi connectivity index (χ0n) is 42.7. The number of esters is 2. The molecule has 374 valence electrons. The fourth-order valence-corrected chi connectivity index (χ4v) is 8.17. The first kappa shape index (κ1) is 61.5. The predicted octanol–water partition coefficient (Wildman–Crippen LogP) is 15.8. The molecule has 8 heteroatoms. The van der Waals surface area contributed by atoms with Gasteiger partial charge in [-0.05, 0) is 44.9 Å². The van der Waals surface area contributed by atoms with Gasteiger partial charge < -0.3 is 23.8 Å². The van der Waals surface area contributed by atoms with Gasteiger partial charge in [0.25, 0.3) is 0 Å². The number of allylic oxidation sites excluding steroid dienone is 6. The van der Waals surface area contributed by atoms with Gasteiger partial charge in [0.15, 0.2) is 12.1 Å². The topological polar surface area (TPSA) is 99.1 Å². The Morgan fingerprint density at radius 3 is 1.30 bits per heavy atom. The molecule has 0 bridgehead atoms. The third kappa shape index (κ3) is 44.7. The molecule has 0 aliphatic carbocycles. The Balaban J connectivity index is 4.18. The minimum Gasteiger partial charge on any atom is -0.477 e. The minimum absolute atomic E-state index is 0.0484. The highest BCUT2D eigenvalue weighted by Gasteiger charge is 2.31. The molecule has 0 spiro atoms. The normalized spacial score (nSPS) is 13.1. The number of hydrogen-bond donors (Lipinski definition) is 1. The van der Waals surface area contributed by atoms with Crippen LogP contribution in [-0.4, -0.2) is 80.6 Å². The van der Waals surface area contributed by atoms with Gasteiger partial charge in [0.05, 0.1) is 34.4 Å². The molecule has 2 atom stereocenters. The first-order chi connectivity index (χ1) is 31.1. The number of nitrogens with zero attached hydrogens (tertiary/aromatic N) is 1. The Hall–Kier alpha value is -2.45. The van der Waals surface area contributed by atoms with Gasteiger partial charge in [0, 0.05) is 19.3 Å². The second kappa shape index (κ2) is 47.1. The van der Waals surface area contributed by atoms with Crippen molar-refractivity contribution < 1.29 is 38.2 Å². The summed E-state index contributed by atoms with van der Waals surface area (Å²) in [7, 11) is 5.55. The number of carbonyl (C=O) groups is 3. The third-order valence-electron chi connectivity index (χ3n) is 12.3. The first-order valence-corrected chi connectivity index (χ1v) is 27.0. The van der Waals surface area contributed by atoms with Crippen LogP contribution in [0.25, 0.3) is 0 Å². The van der Waals surface area contributed by atoms with Crippen LogP contribution in [0.15, 0.2) is 36.5 Å². The molecule has 0 rings (SSSR count). The van der Waals surface area contributed by atoms with Gasteiger partial charge >= 0.3 is 17.9 Å². The van der Waals surface area contributed by atoms with Crippen molar-refractivity contribution in [1.29, 1.82) is 0 Å². The van der Waals surface area contributed by atoms with Crippen LogP contribution in [-0.2, 0) is 28.6 Å². The van der Waals surface area contributed by atoms with E-state index in [2.05, 4.69) is 50.3 Å². The van der Waals surface area contributed by atoms with Crippen molar-refractivity contribution >= 4 is 17.9 Å². The highest BCUT2D eigenvalue weighted by Crippen LogP contribution is 2.17. The van der Waals surface area contributed by atoms with Crippen LogP contribution in [0.2, 0.25) is 0 Å². The second-order valence-electron chi connectivity index (χ2n) is 19.5. The lowest BCUT2D eigenvalue weighted by Gasteiger charge is -2.31. The lowest BCUT2D eigenvalue weighted by molar-refractivity contribution is -0.887. The molecule has 0 aromatic rings. The zero-order valence-corrected chi connectivity index (χ0v) is 42.7. The van der Waals surface area contributed by atoms with Gasteiger partial charge in [-0.3, -0.25) is 9.59 Å². The smallest absolute Gasteiger partial charge is 0.362 e. The van der Waals surface area contributed by atoms with Crippen molar-refractivity contribution in [3.05, 3.63) is 36.5 Å². The third-order valence-corrected chi connectivity index (χ3v) is 12.3. The van der Waals surface area contributed by atoms with Gasteiger partial charge in [-0.15, -0.1) is 0 Å². The van der Waals surface area contributed by atoms with E-state index in [9.17, 15) is 19.5 Å². The van der Waals surface area contributed by atoms with E-state index in [1.165, 1.54) is 161 Å². The summed E-state index contributed by atoms with van der Waals surface area (Å²) >= 11 is 0. The number of unbranched alkanes of at least 4 members (excludes halogenated alkanes) is 29. The number of quaternary nitrogens is 1. The summed E-state index contributed by atoms with van der Waals surface area (Å²) < 4.78 is 17.4. The van der Waals surface area contributed by atoms with Gasteiger partial charge in [0.1, 0.15) is 6.61 Å². The summed E-state index contributed by atoms with van der Waals surface area (Å²) in [5.41, 5.74) is 0. The SMILES string of the molecule is CC/C=C/C/C=C/C/C=C/CCCCCCCCCCCCCC(=O)OCC(COCCC(C(=O)O)[N+](C)(C)C)OC(=O)CCCCCCCCCCCCCCCCCCCCC. The fourth-order valence-electron chi connectivity index (χ4n) is 8.17. The van der Waals surface area contributed by atoms with Crippen LogP contribution in [0.4, 0.5) is 0 Å². The Labute approximate surface area is 395 Å². The maximum absolute atomic E-state index is 12.8. The number of likely N-dealkylation sites (N-methyl/N-ethyl adjacent to an activating group) is 1. The number of rotatable bonds is 49. The summed E-state index contributed by atoms with van der Waals surface area (Å²) in [5.74, 6) is -1.45. The lowest BCUT2D eigenvalue weighted by Crippen LogP contribution is -2.50. The summed E-state index contributed by atoms with van der Waals surface area (Å²) in [5, 5.41) is 9.66. The van der Waals surface area contributed by atoms with E-state index in [0.717, 1.165) is 57.8 Å². The maximum Gasteiger partial charge on any atom is 0.362 e. The van der Waals surface area contributed by atoms with Crippen molar-refractivity contribution in [2.45, 2.75) is 264 Å². The van der Waals surface area contributed by atoms with Crippen LogP contribution < -0.4 is 0 Å². The first-order valence-electron chi connectivity index (χ1n) is 27.0. The zero-order chi connectivity index (χ0) is 47.0. The molecular weight excluding hydrogens is 799 g/mol. The molecule has 0 aliphatic rings. The Morgan fingerprint density at radius 1 is 0.484 bits per heavy atom. The number of aliphatic carboxylic acids is 1. The van der Waals surface area contributed by atoms with E-state index in [1.807, 2.05) is 21.1 Å². The van der Waals surface area contributed by atoms with E-state index < -0.39 is 18.1 Å². The highest BCUT2D eigenvalue weighted by atomic mass is 16.6. The van der Waals surface area contributed by atoms with Crippen LogP contribution in [0, 0.1) is 0 Å². The van der Waals surface area contributed by atoms with E-state index in [0.29, 0.717) is 19.3 Å². The van der Waals surface area contributed by atoms with E-state index >= 15 is 0 Å². The number of ether oxygens (including phenoxy) is 3. The van der Waals surface area contributed by atoms with Crippen molar-refractivity contribution in [2.75, 3.05) is 41.0 Å². The molecule has 0 saturated heterocycles. The second-order valence-corrected chi connectivity index (χ2v) is 19.5. The number of carbonyl (C=O) groups excluding carboxylic acids is 2. The molecule has 1 N–H and O–H groups in total. The average molecular weight is 903 g/mol. The van der Waals surface area contributed by atoms with Gasteiger partial charge in [-0.25, -0.2) is 4.79 Å². The molecule has 0 saturated carbocycles. The molecule has 0 amide bonds. The number of carboxylic acid groups (broad SMARTS) is 1. The van der Waals surface area contributed by atoms with E-state index in [1.54, 1.807) is 0 Å².